The highest BCUT2D eigenvalue weighted by Crippen LogP contribution is 2.00. The van der Waals surface area contributed by atoms with Gasteiger partial charge in [0.2, 0.25) is 0 Å². The van der Waals surface area contributed by atoms with Gasteiger partial charge in [-0.1, -0.05) is 30.3 Å². The largest absolute Gasteiger partial charge is 0.480 e. The molecule has 5 heteroatoms. The smallest absolute Gasteiger partial charge is 0.320 e. The molecule has 1 atom stereocenters. The van der Waals surface area contributed by atoms with Crippen molar-refractivity contribution in [2.24, 2.45) is 0 Å². The molecule has 1 aromatic carbocycles. The Morgan fingerprint density at radius 2 is 2.00 bits per heavy atom. The third kappa shape index (κ3) is 5.12. The fourth-order valence-electron chi connectivity index (χ4n) is 1.11. The minimum atomic E-state index is -0.999. The summed E-state index contributed by atoms with van der Waals surface area (Å²) in [6.07, 6.45) is 0. The van der Waals surface area contributed by atoms with Crippen LogP contribution in [0.25, 0.3) is 0 Å². The summed E-state index contributed by atoms with van der Waals surface area (Å²) in [5.74, 6) is -1.47. The molecule has 1 rings (SSSR count). The average molecular weight is 237 g/mol. The van der Waals surface area contributed by atoms with Gasteiger partial charge in [0.25, 0.3) is 0 Å². The van der Waals surface area contributed by atoms with Crippen LogP contribution in [0.15, 0.2) is 30.3 Å². The summed E-state index contributed by atoms with van der Waals surface area (Å²) in [6.45, 7) is 1.55. The van der Waals surface area contributed by atoms with Crippen LogP contribution >= 0.6 is 0 Å². The Labute approximate surface area is 99.4 Å². The molecule has 0 fully saturated rings. The summed E-state index contributed by atoms with van der Waals surface area (Å²) in [5, 5.41) is 11.1. The molecule has 1 unspecified atom stereocenters. The lowest BCUT2D eigenvalue weighted by Crippen LogP contribution is -2.37. The molecule has 0 aromatic heterocycles. The lowest BCUT2D eigenvalue weighted by molar-refractivity contribution is -0.144. The number of benzene rings is 1. The van der Waals surface area contributed by atoms with Crippen LogP contribution in [-0.2, 0) is 20.9 Å². The number of hydrogen-bond donors (Lipinski definition) is 2. The van der Waals surface area contributed by atoms with Crippen LogP contribution in [0.2, 0.25) is 0 Å². The molecule has 1 aromatic rings. The first-order valence-corrected chi connectivity index (χ1v) is 5.25. The lowest BCUT2D eigenvalue weighted by atomic mass is 10.2. The fraction of sp³-hybridized carbons (Fsp3) is 0.333. The summed E-state index contributed by atoms with van der Waals surface area (Å²) in [7, 11) is 0. The van der Waals surface area contributed by atoms with Crippen molar-refractivity contribution >= 4 is 11.9 Å². The molecule has 0 saturated carbocycles. The topological polar surface area (TPSA) is 75.6 Å². The Balaban J connectivity index is 2.24. The van der Waals surface area contributed by atoms with E-state index in [4.69, 9.17) is 9.84 Å². The van der Waals surface area contributed by atoms with Crippen LogP contribution in [0, 0.1) is 0 Å². The number of nitrogens with one attached hydrogen (secondary N) is 1. The van der Waals surface area contributed by atoms with Crippen molar-refractivity contribution in [3.05, 3.63) is 35.9 Å². The van der Waals surface area contributed by atoms with Crippen molar-refractivity contribution < 1.29 is 19.4 Å². The summed E-state index contributed by atoms with van der Waals surface area (Å²) in [4.78, 5) is 21.7. The van der Waals surface area contributed by atoms with E-state index in [1.807, 2.05) is 30.3 Å². The number of carboxylic acid groups (broad SMARTS) is 1. The van der Waals surface area contributed by atoms with Crippen molar-refractivity contribution in [2.75, 3.05) is 6.54 Å². The Kier molecular flexibility index (Phi) is 5.16. The summed E-state index contributed by atoms with van der Waals surface area (Å²) in [5.41, 5.74) is 0.895. The van der Waals surface area contributed by atoms with Gasteiger partial charge in [0.05, 0.1) is 6.54 Å². The first kappa shape index (κ1) is 13.2. The molecule has 92 valence electrons. The maximum Gasteiger partial charge on any atom is 0.320 e. The SMILES string of the molecule is CC(NCC(=O)OCc1ccccc1)C(=O)O. The third-order valence-corrected chi connectivity index (χ3v) is 2.17. The molecule has 2 N–H and O–H groups in total. The minimum Gasteiger partial charge on any atom is -0.480 e. The molecule has 0 amide bonds. The normalized spacial score (nSPS) is 11.8. The van der Waals surface area contributed by atoms with Crippen LogP contribution in [0.3, 0.4) is 0 Å². The van der Waals surface area contributed by atoms with Gasteiger partial charge in [-0.15, -0.1) is 0 Å². The summed E-state index contributed by atoms with van der Waals surface area (Å²) < 4.78 is 4.96. The van der Waals surface area contributed by atoms with Crippen LogP contribution < -0.4 is 5.32 Å². The Morgan fingerprint density at radius 1 is 1.35 bits per heavy atom. The van der Waals surface area contributed by atoms with E-state index in [1.165, 1.54) is 6.92 Å². The molecule has 0 bridgehead atoms. The molecule has 0 saturated heterocycles. The average Bonchev–Trinajstić information content (AvgIpc) is 2.34. The Morgan fingerprint density at radius 3 is 2.59 bits per heavy atom. The number of carboxylic acids is 1. The second-order valence-electron chi connectivity index (χ2n) is 3.59. The highest BCUT2D eigenvalue weighted by Gasteiger charge is 2.12. The fourth-order valence-corrected chi connectivity index (χ4v) is 1.11. The third-order valence-electron chi connectivity index (χ3n) is 2.17. The first-order chi connectivity index (χ1) is 8.09. The second-order valence-corrected chi connectivity index (χ2v) is 3.59. The molecule has 5 nitrogen and oxygen atoms in total. The molecular weight excluding hydrogens is 222 g/mol. The van der Waals surface area contributed by atoms with Gasteiger partial charge in [-0.25, -0.2) is 0 Å². The van der Waals surface area contributed by atoms with Crippen molar-refractivity contribution in [2.45, 2.75) is 19.6 Å². The van der Waals surface area contributed by atoms with Gasteiger partial charge in [0.15, 0.2) is 0 Å². The van der Waals surface area contributed by atoms with E-state index < -0.39 is 18.0 Å². The number of esters is 1. The highest BCUT2D eigenvalue weighted by atomic mass is 16.5. The van der Waals surface area contributed by atoms with Crippen LogP contribution in [0.1, 0.15) is 12.5 Å². The number of aliphatic carboxylic acids is 1. The van der Waals surface area contributed by atoms with Gasteiger partial charge in [-0.05, 0) is 12.5 Å². The highest BCUT2D eigenvalue weighted by molar-refractivity contribution is 5.75. The molecule has 17 heavy (non-hydrogen) atoms. The Bertz CT molecular complexity index is 377. The molecule has 0 aliphatic heterocycles. The van der Waals surface area contributed by atoms with E-state index in [2.05, 4.69) is 5.32 Å². The molecular formula is C12H15NO4. The van der Waals surface area contributed by atoms with E-state index in [0.717, 1.165) is 5.56 Å². The van der Waals surface area contributed by atoms with Gasteiger partial charge in [0.1, 0.15) is 12.6 Å². The van der Waals surface area contributed by atoms with Gasteiger partial charge >= 0.3 is 11.9 Å². The van der Waals surface area contributed by atoms with E-state index in [1.54, 1.807) is 0 Å². The van der Waals surface area contributed by atoms with E-state index in [0.29, 0.717) is 0 Å². The molecule has 0 radical (unpaired) electrons. The monoisotopic (exact) mass is 237 g/mol. The zero-order valence-corrected chi connectivity index (χ0v) is 9.55. The van der Waals surface area contributed by atoms with Gasteiger partial charge in [-0.3, -0.25) is 14.9 Å². The summed E-state index contributed by atoms with van der Waals surface area (Å²) in [6, 6.07) is 8.52. The second kappa shape index (κ2) is 6.65. The number of rotatable bonds is 6. The standard InChI is InChI=1S/C12H15NO4/c1-9(12(15)16)13-7-11(14)17-8-10-5-3-2-4-6-10/h2-6,9,13H,7-8H2,1H3,(H,15,16). The molecule has 0 spiro atoms. The maximum atomic E-state index is 11.3. The Hall–Kier alpha value is -1.88. The van der Waals surface area contributed by atoms with Crippen LogP contribution in [0.4, 0.5) is 0 Å². The van der Waals surface area contributed by atoms with E-state index >= 15 is 0 Å². The van der Waals surface area contributed by atoms with Crippen molar-refractivity contribution in [3.8, 4) is 0 Å². The quantitative estimate of drug-likeness (QED) is 0.715. The van der Waals surface area contributed by atoms with Crippen molar-refractivity contribution in [3.63, 3.8) is 0 Å². The van der Waals surface area contributed by atoms with Crippen molar-refractivity contribution in [1.29, 1.82) is 0 Å². The van der Waals surface area contributed by atoms with E-state index in [9.17, 15) is 9.59 Å². The zero-order valence-electron chi connectivity index (χ0n) is 9.55. The molecule has 0 aliphatic rings. The van der Waals surface area contributed by atoms with Gasteiger partial charge in [-0.2, -0.15) is 0 Å². The predicted molar refractivity (Wildman–Crippen MR) is 61.3 cm³/mol. The maximum absolute atomic E-state index is 11.3. The van der Waals surface area contributed by atoms with Gasteiger partial charge in [0, 0.05) is 0 Å². The van der Waals surface area contributed by atoms with Crippen LogP contribution in [-0.4, -0.2) is 29.6 Å². The minimum absolute atomic E-state index is 0.111. The number of ether oxygens (including phenoxy) is 1. The summed E-state index contributed by atoms with van der Waals surface area (Å²) >= 11 is 0. The molecule has 0 heterocycles. The number of carbonyl (C=O) groups excluding carboxylic acids is 1. The van der Waals surface area contributed by atoms with E-state index in [-0.39, 0.29) is 13.2 Å². The van der Waals surface area contributed by atoms with Gasteiger partial charge < -0.3 is 9.84 Å². The van der Waals surface area contributed by atoms with Crippen LogP contribution in [0.5, 0.6) is 0 Å². The lowest BCUT2D eigenvalue weighted by Gasteiger charge is -2.09. The number of carbonyl (C=O) groups is 2. The predicted octanol–water partition coefficient (Wildman–Crippen LogP) is 0.792. The zero-order chi connectivity index (χ0) is 12.7. The van der Waals surface area contributed by atoms with Crippen molar-refractivity contribution in [1.82, 2.24) is 5.32 Å². The first-order valence-electron chi connectivity index (χ1n) is 5.25. The number of hydrogen-bond acceptors (Lipinski definition) is 4. The molecule has 0 aliphatic carbocycles.